The van der Waals surface area contributed by atoms with Crippen molar-refractivity contribution >= 4 is 5.84 Å². The molecule has 1 atom stereocenters. The van der Waals surface area contributed by atoms with Crippen LogP contribution in [0.2, 0.25) is 0 Å². The maximum Gasteiger partial charge on any atom is 0.401 e. The van der Waals surface area contributed by atoms with Crippen molar-refractivity contribution in [3.8, 4) is 5.75 Å². The molecule has 0 saturated heterocycles. The molecule has 0 fully saturated rings. The molecule has 20 heavy (non-hydrogen) atoms. The standard InChI is InChI=1S/C13H17F3N2O2/c1-19-7-6-9-2-4-10(5-3-9)20-8-11(12(17)18)13(14,15)16/h2-5,11H,6-8H2,1H3,(H3,17,18). The summed E-state index contributed by atoms with van der Waals surface area (Å²) >= 11 is 0. The van der Waals surface area contributed by atoms with Crippen molar-refractivity contribution in [1.82, 2.24) is 0 Å². The molecule has 0 heterocycles. The number of hydrogen-bond donors (Lipinski definition) is 2. The molecule has 0 amide bonds. The van der Waals surface area contributed by atoms with Crippen LogP contribution in [0.15, 0.2) is 24.3 Å². The van der Waals surface area contributed by atoms with Gasteiger partial charge in [0.2, 0.25) is 0 Å². The van der Waals surface area contributed by atoms with Gasteiger partial charge in [-0.2, -0.15) is 13.2 Å². The quantitative estimate of drug-likeness (QED) is 0.598. The minimum atomic E-state index is -4.58. The Balaban J connectivity index is 2.58. The van der Waals surface area contributed by atoms with Gasteiger partial charge in [0.25, 0.3) is 0 Å². The first-order valence-corrected chi connectivity index (χ1v) is 5.96. The first-order valence-electron chi connectivity index (χ1n) is 5.96. The van der Waals surface area contributed by atoms with E-state index in [4.69, 9.17) is 20.6 Å². The van der Waals surface area contributed by atoms with Crippen LogP contribution in [-0.2, 0) is 11.2 Å². The maximum absolute atomic E-state index is 12.6. The summed E-state index contributed by atoms with van der Waals surface area (Å²) in [5.41, 5.74) is 5.93. The summed E-state index contributed by atoms with van der Waals surface area (Å²) in [5, 5.41) is 6.95. The molecule has 0 aliphatic heterocycles. The van der Waals surface area contributed by atoms with Crippen LogP contribution in [0.3, 0.4) is 0 Å². The molecule has 3 N–H and O–H groups in total. The Morgan fingerprint density at radius 1 is 1.30 bits per heavy atom. The van der Waals surface area contributed by atoms with Crippen LogP contribution in [0.4, 0.5) is 13.2 Å². The molecular formula is C13H17F3N2O2. The fourth-order valence-electron chi connectivity index (χ4n) is 1.51. The first kappa shape index (κ1) is 16.3. The largest absolute Gasteiger partial charge is 0.492 e. The zero-order chi connectivity index (χ0) is 15.2. The summed E-state index contributed by atoms with van der Waals surface area (Å²) in [6.07, 6.45) is -3.86. The maximum atomic E-state index is 12.6. The summed E-state index contributed by atoms with van der Waals surface area (Å²) < 4.78 is 47.7. The summed E-state index contributed by atoms with van der Waals surface area (Å²) in [6.45, 7) is -0.128. The predicted octanol–water partition coefficient (Wildman–Crippen LogP) is 2.37. The van der Waals surface area contributed by atoms with Crippen molar-refractivity contribution in [2.45, 2.75) is 12.6 Å². The van der Waals surface area contributed by atoms with Gasteiger partial charge in [-0.1, -0.05) is 12.1 Å². The second kappa shape index (κ2) is 7.14. The van der Waals surface area contributed by atoms with Gasteiger partial charge in [-0.3, -0.25) is 5.41 Å². The van der Waals surface area contributed by atoms with Crippen molar-refractivity contribution in [3.05, 3.63) is 29.8 Å². The van der Waals surface area contributed by atoms with E-state index in [0.717, 1.165) is 12.0 Å². The molecule has 7 heteroatoms. The van der Waals surface area contributed by atoms with Crippen LogP contribution in [0, 0.1) is 11.3 Å². The molecule has 0 aliphatic rings. The van der Waals surface area contributed by atoms with E-state index in [-0.39, 0.29) is 0 Å². The molecule has 1 unspecified atom stereocenters. The Hall–Kier alpha value is -1.76. The summed E-state index contributed by atoms with van der Waals surface area (Å²) in [6, 6.07) is 6.67. The number of rotatable bonds is 7. The van der Waals surface area contributed by atoms with Crippen LogP contribution in [-0.4, -0.2) is 32.3 Å². The number of methoxy groups -OCH3 is 1. The minimum absolute atomic E-state index is 0.307. The van der Waals surface area contributed by atoms with E-state index < -0.39 is 24.5 Å². The Morgan fingerprint density at radius 3 is 2.35 bits per heavy atom. The van der Waals surface area contributed by atoms with Crippen LogP contribution in [0.25, 0.3) is 0 Å². The highest BCUT2D eigenvalue weighted by atomic mass is 19.4. The van der Waals surface area contributed by atoms with Crippen molar-refractivity contribution < 1.29 is 22.6 Å². The molecule has 1 aromatic carbocycles. The second-order valence-corrected chi connectivity index (χ2v) is 4.25. The lowest BCUT2D eigenvalue weighted by Crippen LogP contribution is -2.39. The average Bonchev–Trinajstić information content (AvgIpc) is 2.36. The summed E-state index contributed by atoms with van der Waals surface area (Å²) in [7, 11) is 1.59. The zero-order valence-corrected chi connectivity index (χ0v) is 11.0. The van der Waals surface area contributed by atoms with Gasteiger partial charge in [-0.05, 0) is 24.1 Å². The van der Waals surface area contributed by atoms with E-state index in [9.17, 15) is 13.2 Å². The molecule has 0 spiro atoms. The number of halogens is 3. The Kier molecular flexibility index (Phi) is 5.82. The fourth-order valence-corrected chi connectivity index (χ4v) is 1.51. The van der Waals surface area contributed by atoms with Gasteiger partial charge in [0.05, 0.1) is 6.61 Å². The third-order valence-electron chi connectivity index (χ3n) is 2.71. The molecule has 1 aromatic rings. The highest BCUT2D eigenvalue weighted by Crippen LogP contribution is 2.27. The molecule has 4 nitrogen and oxygen atoms in total. The lowest BCUT2D eigenvalue weighted by atomic mass is 10.1. The number of nitrogens with two attached hydrogens (primary N) is 1. The second-order valence-electron chi connectivity index (χ2n) is 4.25. The van der Waals surface area contributed by atoms with Crippen LogP contribution >= 0.6 is 0 Å². The fraction of sp³-hybridized carbons (Fsp3) is 0.462. The topological polar surface area (TPSA) is 68.3 Å². The molecule has 112 valence electrons. The van der Waals surface area contributed by atoms with E-state index in [0.29, 0.717) is 12.4 Å². The van der Waals surface area contributed by atoms with Crippen LogP contribution < -0.4 is 10.5 Å². The van der Waals surface area contributed by atoms with Crippen molar-refractivity contribution in [2.75, 3.05) is 20.3 Å². The third-order valence-corrected chi connectivity index (χ3v) is 2.71. The molecule has 0 radical (unpaired) electrons. The number of hydrogen-bond acceptors (Lipinski definition) is 3. The number of ether oxygens (including phenoxy) is 2. The third kappa shape index (κ3) is 5.08. The highest BCUT2D eigenvalue weighted by Gasteiger charge is 2.42. The average molecular weight is 290 g/mol. The van der Waals surface area contributed by atoms with Crippen LogP contribution in [0.5, 0.6) is 5.75 Å². The number of nitrogens with one attached hydrogen (secondary N) is 1. The Bertz CT molecular complexity index is 432. The zero-order valence-electron chi connectivity index (χ0n) is 11.0. The predicted molar refractivity (Wildman–Crippen MR) is 69.0 cm³/mol. The molecule has 0 aliphatic carbocycles. The molecule has 0 aromatic heterocycles. The SMILES string of the molecule is COCCc1ccc(OCC(C(=N)N)C(F)(F)F)cc1. The van der Waals surface area contributed by atoms with E-state index >= 15 is 0 Å². The van der Waals surface area contributed by atoms with Gasteiger partial charge in [-0.25, -0.2) is 0 Å². The lowest BCUT2D eigenvalue weighted by molar-refractivity contribution is -0.162. The van der Waals surface area contributed by atoms with E-state index in [1.807, 2.05) is 0 Å². The Morgan fingerprint density at radius 2 is 1.90 bits per heavy atom. The minimum Gasteiger partial charge on any atom is -0.492 e. The molecule has 0 saturated carbocycles. The van der Waals surface area contributed by atoms with Crippen molar-refractivity contribution in [2.24, 2.45) is 11.7 Å². The van der Waals surface area contributed by atoms with Crippen molar-refractivity contribution in [1.29, 1.82) is 5.41 Å². The Labute approximate surface area is 115 Å². The van der Waals surface area contributed by atoms with Gasteiger partial charge < -0.3 is 15.2 Å². The monoisotopic (exact) mass is 290 g/mol. The first-order chi connectivity index (χ1) is 9.34. The number of amidine groups is 1. The van der Waals surface area contributed by atoms with Gasteiger partial charge >= 0.3 is 6.18 Å². The summed E-state index contributed by atoms with van der Waals surface area (Å²) in [5.74, 6) is -2.73. The van der Waals surface area contributed by atoms with Gasteiger partial charge in [-0.15, -0.1) is 0 Å². The van der Waals surface area contributed by atoms with Crippen molar-refractivity contribution in [3.63, 3.8) is 0 Å². The highest BCUT2D eigenvalue weighted by molar-refractivity contribution is 5.80. The molecule has 1 rings (SSSR count). The number of benzene rings is 1. The van der Waals surface area contributed by atoms with E-state index in [1.54, 1.807) is 31.4 Å². The number of alkyl halides is 3. The summed E-state index contributed by atoms with van der Waals surface area (Å²) in [4.78, 5) is 0. The normalized spacial score (nSPS) is 13.0. The molecule has 0 bridgehead atoms. The lowest BCUT2D eigenvalue weighted by Gasteiger charge is -2.19. The van der Waals surface area contributed by atoms with Gasteiger partial charge in [0, 0.05) is 7.11 Å². The van der Waals surface area contributed by atoms with E-state index in [1.165, 1.54) is 0 Å². The van der Waals surface area contributed by atoms with Gasteiger partial charge in [0.1, 0.15) is 24.1 Å². The molecular weight excluding hydrogens is 273 g/mol. The van der Waals surface area contributed by atoms with Crippen LogP contribution in [0.1, 0.15) is 5.56 Å². The smallest absolute Gasteiger partial charge is 0.401 e. The van der Waals surface area contributed by atoms with E-state index in [2.05, 4.69) is 0 Å². The van der Waals surface area contributed by atoms with Gasteiger partial charge in [0.15, 0.2) is 0 Å².